The summed E-state index contributed by atoms with van der Waals surface area (Å²) < 4.78 is 27.2. The van der Waals surface area contributed by atoms with Crippen molar-refractivity contribution in [3.63, 3.8) is 0 Å². The minimum absolute atomic E-state index is 0.189. The number of aryl methyl sites for hydroxylation is 2. The Morgan fingerprint density at radius 1 is 0.824 bits per heavy atom. The van der Waals surface area contributed by atoms with Crippen molar-refractivity contribution in [2.45, 2.75) is 51.0 Å². The summed E-state index contributed by atoms with van der Waals surface area (Å²) in [6, 6.07) is 10.1. The van der Waals surface area contributed by atoms with Gasteiger partial charge in [0, 0.05) is 19.0 Å². The fraction of sp³-hybridized carbons (Fsp3) is 0.519. The van der Waals surface area contributed by atoms with Crippen LogP contribution in [0.2, 0.25) is 0 Å². The zero-order valence-corrected chi connectivity index (χ0v) is 21.0. The van der Waals surface area contributed by atoms with E-state index in [4.69, 9.17) is 23.7 Å². The Kier molecular flexibility index (Phi) is 9.31. The van der Waals surface area contributed by atoms with E-state index < -0.39 is 0 Å². The van der Waals surface area contributed by atoms with Gasteiger partial charge in [0.25, 0.3) is 0 Å². The van der Waals surface area contributed by atoms with E-state index in [0.29, 0.717) is 30.1 Å². The molecule has 1 unspecified atom stereocenters. The lowest BCUT2D eigenvalue weighted by molar-refractivity contribution is -0.135. The fourth-order valence-corrected chi connectivity index (χ4v) is 4.74. The number of amides is 1. The number of benzene rings is 2. The first-order valence-electron chi connectivity index (χ1n) is 11.8. The van der Waals surface area contributed by atoms with Crippen LogP contribution < -0.4 is 23.7 Å². The van der Waals surface area contributed by atoms with Gasteiger partial charge in [-0.1, -0.05) is 12.1 Å². The Morgan fingerprint density at radius 2 is 1.53 bits per heavy atom. The summed E-state index contributed by atoms with van der Waals surface area (Å²) in [5, 5.41) is 0. The quantitative estimate of drug-likeness (QED) is 0.474. The topological polar surface area (TPSA) is 66.5 Å². The molecule has 34 heavy (non-hydrogen) atoms. The van der Waals surface area contributed by atoms with E-state index in [9.17, 15) is 4.79 Å². The van der Waals surface area contributed by atoms with Gasteiger partial charge < -0.3 is 28.6 Å². The molecule has 1 aliphatic rings. The highest BCUT2D eigenvalue weighted by Crippen LogP contribution is 2.40. The molecule has 1 aliphatic heterocycles. The molecule has 1 fully saturated rings. The van der Waals surface area contributed by atoms with Crippen LogP contribution in [0.15, 0.2) is 30.3 Å². The molecule has 0 aliphatic carbocycles. The third-order valence-electron chi connectivity index (χ3n) is 6.56. The summed E-state index contributed by atoms with van der Waals surface area (Å²) in [4.78, 5) is 15.3. The molecule has 7 nitrogen and oxygen atoms in total. The standard InChI is InChI=1S/C27H37NO6/c1-30-22-14-10-19(18-24(22)32-3)9-13-21-8-6-7-17-28(21)25(29)16-12-20-11-15-23(31-2)27(34-5)26(20)33-4/h10-11,14-15,18,21H,6-9,12-13,16-17H2,1-5H3. The van der Waals surface area contributed by atoms with Gasteiger partial charge in [-0.15, -0.1) is 0 Å². The zero-order chi connectivity index (χ0) is 24.5. The molecule has 186 valence electrons. The lowest BCUT2D eigenvalue weighted by Gasteiger charge is -2.36. The maximum atomic E-state index is 13.2. The fourth-order valence-electron chi connectivity index (χ4n) is 4.74. The van der Waals surface area contributed by atoms with Gasteiger partial charge in [-0.05, 0) is 67.9 Å². The molecule has 1 heterocycles. The van der Waals surface area contributed by atoms with Crippen molar-refractivity contribution in [1.82, 2.24) is 4.90 Å². The van der Waals surface area contributed by atoms with Gasteiger partial charge in [-0.3, -0.25) is 4.79 Å². The zero-order valence-electron chi connectivity index (χ0n) is 21.0. The van der Waals surface area contributed by atoms with Gasteiger partial charge in [-0.25, -0.2) is 0 Å². The monoisotopic (exact) mass is 471 g/mol. The molecule has 1 saturated heterocycles. The molecule has 0 aromatic heterocycles. The Bertz CT molecular complexity index is 960. The molecule has 2 aromatic rings. The number of rotatable bonds is 11. The highest BCUT2D eigenvalue weighted by atomic mass is 16.5. The largest absolute Gasteiger partial charge is 0.493 e. The Labute approximate surface area is 202 Å². The summed E-state index contributed by atoms with van der Waals surface area (Å²) in [6.45, 7) is 0.818. The predicted molar refractivity (Wildman–Crippen MR) is 132 cm³/mol. The van der Waals surface area contributed by atoms with Gasteiger partial charge >= 0.3 is 0 Å². The maximum Gasteiger partial charge on any atom is 0.223 e. The van der Waals surface area contributed by atoms with Gasteiger partial charge in [-0.2, -0.15) is 0 Å². The van der Waals surface area contributed by atoms with Crippen molar-refractivity contribution in [3.8, 4) is 28.7 Å². The van der Waals surface area contributed by atoms with Crippen LogP contribution in [0.5, 0.6) is 28.7 Å². The molecule has 3 rings (SSSR count). The normalized spacial score (nSPS) is 15.6. The maximum absolute atomic E-state index is 13.2. The summed E-state index contributed by atoms with van der Waals surface area (Å²) in [6.07, 6.45) is 6.08. The molecule has 0 bridgehead atoms. The third-order valence-corrected chi connectivity index (χ3v) is 6.56. The van der Waals surface area contributed by atoms with Crippen molar-refractivity contribution in [2.75, 3.05) is 42.1 Å². The molecular weight excluding hydrogens is 434 g/mol. The average molecular weight is 472 g/mol. The molecule has 0 saturated carbocycles. The Hall–Kier alpha value is -3.09. The number of piperidine rings is 1. The summed E-state index contributed by atoms with van der Waals surface area (Å²) in [5.74, 6) is 3.44. The van der Waals surface area contributed by atoms with Gasteiger partial charge in [0.05, 0.1) is 35.5 Å². The van der Waals surface area contributed by atoms with E-state index in [1.165, 1.54) is 5.56 Å². The van der Waals surface area contributed by atoms with Crippen LogP contribution in [0.4, 0.5) is 0 Å². The Balaban J connectivity index is 1.65. The molecule has 1 atom stereocenters. The smallest absolute Gasteiger partial charge is 0.223 e. The van der Waals surface area contributed by atoms with Crippen LogP contribution in [0.25, 0.3) is 0 Å². The second-order valence-corrected chi connectivity index (χ2v) is 8.46. The average Bonchev–Trinajstić information content (AvgIpc) is 2.89. The van der Waals surface area contributed by atoms with Gasteiger partial charge in [0.15, 0.2) is 23.0 Å². The molecule has 7 heteroatoms. The number of nitrogens with zero attached hydrogens (tertiary/aromatic N) is 1. The van der Waals surface area contributed by atoms with Crippen LogP contribution in [0.1, 0.15) is 43.2 Å². The molecule has 0 radical (unpaired) electrons. The highest BCUT2D eigenvalue weighted by Gasteiger charge is 2.27. The van der Waals surface area contributed by atoms with E-state index in [-0.39, 0.29) is 11.9 Å². The SMILES string of the molecule is COc1ccc(CCC2CCCCN2C(=O)CCc2ccc(OC)c(OC)c2OC)cc1OC. The molecule has 0 spiro atoms. The van der Waals surface area contributed by atoms with E-state index in [2.05, 4.69) is 11.0 Å². The van der Waals surface area contributed by atoms with Gasteiger partial charge in [0.2, 0.25) is 11.7 Å². The second kappa shape index (κ2) is 12.4. The van der Waals surface area contributed by atoms with Gasteiger partial charge in [0.1, 0.15) is 0 Å². The number of ether oxygens (including phenoxy) is 5. The number of methoxy groups -OCH3 is 5. The lowest BCUT2D eigenvalue weighted by Crippen LogP contribution is -2.44. The van der Waals surface area contributed by atoms with Crippen LogP contribution in [-0.2, 0) is 17.6 Å². The third kappa shape index (κ3) is 5.88. The number of carbonyl (C=O) groups excluding carboxylic acids is 1. The molecule has 0 N–H and O–H groups in total. The summed E-state index contributed by atoms with van der Waals surface area (Å²) >= 11 is 0. The van der Waals surface area contributed by atoms with Crippen molar-refractivity contribution < 1.29 is 28.5 Å². The molecule has 1 amide bonds. The molecule has 2 aromatic carbocycles. The van der Waals surface area contributed by atoms with E-state index >= 15 is 0 Å². The summed E-state index contributed by atoms with van der Waals surface area (Å²) in [7, 11) is 8.08. The van der Waals surface area contributed by atoms with Crippen LogP contribution in [-0.4, -0.2) is 58.9 Å². The number of hydrogen-bond donors (Lipinski definition) is 0. The number of hydrogen-bond acceptors (Lipinski definition) is 6. The number of likely N-dealkylation sites (tertiary alicyclic amines) is 1. The van der Waals surface area contributed by atoms with Crippen LogP contribution in [0.3, 0.4) is 0 Å². The van der Waals surface area contributed by atoms with E-state index in [1.54, 1.807) is 35.5 Å². The van der Waals surface area contributed by atoms with Crippen molar-refractivity contribution >= 4 is 5.91 Å². The van der Waals surface area contributed by atoms with Crippen molar-refractivity contribution in [1.29, 1.82) is 0 Å². The highest BCUT2D eigenvalue weighted by molar-refractivity contribution is 5.77. The number of carbonyl (C=O) groups is 1. The van der Waals surface area contributed by atoms with E-state index in [1.807, 2.05) is 24.3 Å². The first-order chi connectivity index (χ1) is 16.6. The summed E-state index contributed by atoms with van der Waals surface area (Å²) in [5.41, 5.74) is 2.12. The van der Waals surface area contributed by atoms with Crippen molar-refractivity contribution in [2.24, 2.45) is 0 Å². The first kappa shape index (κ1) is 25.5. The van der Waals surface area contributed by atoms with Crippen LogP contribution >= 0.6 is 0 Å². The first-order valence-corrected chi connectivity index (χ1v) is 11.8. The van der Waals surface area contributed by atoms with E-state index in [0.717, 1.165) is 55.7 Å². The predicted octanol–water partition coefficient (Wildman–Crippen LogP) is 4.68. The minimum atomic E-state index is 0.189. The Morgan fingerprint density at radius 3 is 2.21 bits per heavy atom. The molecular formula is C27H37NO6. The van der Waals surface area contributed by atoms with Crippen molar-refractivity contribution in [3.05, 3.63) is 41.5 Å². The second-order valence-electron chi connectivity index (χ2n) is 8.46. The lowest BCUT2D eigenvalue weighted by atomic mass is 9.95. The minimum Gasteiger partial charge on any atom is -0.493 e. The van der Waals surface area contributed by atoms with Crippen LogP contribution in [0, 0.1) is 0 Å².